The van der Waals surface area contributed by atoms with E-state index in [0.717, 1.165) is 12.8 Å². The smallest absolute Gasteiger partial charge is 0.307 e. The van der Waals surface area contributed by atoms with Crippen molar-refractivity contribution in [1.82, 2.24) is 4.90 Å². The summed E-state index contributed by atoms with van der Waals surface area (Å²) in [5.41, 5.74) is -0.419. The van der Waals surface area contributed by atoms with Crippen LogP contribution in [0.5, 0.6) is 0 Å². The molecule has 2 aliphatic rings. The van der Waals surface area contributed by atoms with Crippen molar-refractivity contribution in [2.24, 2.45) is 23.2 Å². The molecule has 0 radical (unpaired) electrons. The first-order valence-corrected chi connectivity index (χ1v) is 6.52. The van der Waals surface area contributed by atoms with E-state index in [9.17, 15) is 9.59 Å². The molecule has 0 spiro atoms. The molecule has 1 saturated heterocycles. The van der Waals surface area contributed by atoms with Gasteiger partial charge in [0.15, 0.2) is 0 Å². The number of aliphatic carboxylic acids is 1. The number of aliphatic hydroxyl groups is 1. The average molecular weight is 255 g/mol. The summed E-state index contributed by atoms with van der Waals surface area (Å²) < 4.78 is 0. The zero-order valence-electron chi connectivity index (χ0n) is 10.9. The van der Waals surface area contributed by atoms with E-state index in [2.05, 4.69) is 0 Å². The van der Waals surface area contributed by atoms with Gasteiger partial charge in [-0.15, -0.1) is 0 Å². The maximum Gasteiger partial charge on any atom is 0.307 e. The molecule has 1 amide bonds. The number of amides is 1. The molecule has 1 heterocycles. The molecule has 1 aliphatic heterocycles. The molecule has 3 unspecified atom stereocenters. The second-order valence-corrected chi connectivity index (χ2v) is 6.07. The number of carbonyl (C=O) groups is 2. The van der Waals surface area contributed by atoms with Crippen LogP contribution in [-0.4, -0.2) is 46.7 Å². The lowest BCUT2D eigenvalue weighted by molar-refractivity contribution is -0.141. The standard InChI is InChI=1S/C13H21NO4/c1-13(2)9(10(13)12(17)18)11(16)14-5-3-8(7-14)4-6-15/h8-10,15H,3-7H2,1-2H3,(H,17,18). The molecule has 0 bridgehead atoms. The van der Waals surface area contributed by atoms with E-state index in [1.54, 1.807) is 4.90 Å². The summed E-state index contributed by atoms with van der Waals surface area (Å²) in [7, 11) is 0. The van der Waals surface area contributed by atoms with Crippen molar-refractivity contribution in [3.63, 3.8) is 0 Å². The Bertz CT molecular complexity index is 366. The van der Waals surface area contributed by atoms with Crippen LogP contribution in [-0.2, 0) is 9.59 Å². The minimum atomic E-state index is -0.871. The van der Waals surface area contributed by atoms with E-state index in [1.807, 2.05) is 13.8 Å². The van der Waals surface area contributed by atoms with Crippen LogP contribution in [0, 0.1) is 23.2 Å². The van der Waals surface area contributed by atoms with E-state index in [4.69, 9.17) is 10.2 Å². The number of carboxylic acid groups (broad SMARTS) is 1. The van der Waals surface area contributed by atoms with Crippen molar-refractivity contribution in [3.8, 4) is 0 Å². The predicted molar refractivity (Wildman–Crippen MR) is 64.8 cm³/mol. The van der Waals surface area contributed by atoms with Crippen molar-refractivity contribution in [2.75, 3.05) is 19.7 Å². The van der Waals surface area contributed by atoms with Crippen LogP contribution < -0.4 is 0 Å². The van der Waals surface area contributed by atoms with Gasteiger partial charge < -0.3 is 15.1 Å². The summed E-state index contributed by atoms with van der Waals surface area (Å²) in [5, 5.41) is 18.0. The summed E-state index contributed by atoms with van der Waals surface area (Å²) in [4.78, 5) is 25.1. The molecule has 1 saturated carbocycles. The van der Waals surface area contributed by atoms with Crippen LogP contribution >= 0.6 is 0 Å². The minimum Gasteiger partial charge on any atom is -0.481 e. The molecular weight excluding hydrogens is 234 g/mol. The Morgan fingerprint density at radius 1 is 1.33 bits per heavy atom. The van der Waals surface area contributed by atoms with E-state index < -0.39 is 17.3 Å². The van der Waals surface area contributed by atoms with Gasteiger partial charge in [0, 0.05) is 19.7 Å². The number of hydrogen-bond donors (Lipinski definition) is 2. The average Bonchev–Trinajstić information content (AvgIpc) is 2.66. The molecule has 5 nitrogen and oxygen atoms in total. The molecule has 18 heavy (non-hydrogen) atoms. The quantitative estimate of drug-likeness (QED) is 0.770. The maximum atomic E-state index is 12.3. The normalized spacial score (nSPS) is 33.5. The number of aliphatic hydroxyl groups excluding tert-OH is 1. The second kappa shape index (κ2) is 4.53. The Hall–Kier alpha value is -1.10. The summed E-state index contributed by atoms with van der Waals surface area (Å²) in [6.45, 7) is 5.20. The third kappa shape index (κ3) is 2.11. The first-order chi connectivity index (χ1) is 8.39. The highest BCUT2D eigenvalue weighted by Gasteiger charge is 2.66. The van der Waals surface area contributed by atoms with Gasteiger partial charge in [-0.05, 0) is 24.2 Å². The van der Waals surface area contributed by atoms with Crippen molar-refractivity contribution in [2.45, 2.75) is 26.7 Å². The van der Waals surface area contributed by atoms with E-state index in [0.29, 0.717) is 19.0 Å². The zero-order valence-corrected chi connectivity index (χ0v) is 10.9. The maximum absolute atomic E-state index is 12.3. The zero-order chi connectivity index (χ0) is 13.5. The molecular formula is C13H21NO4. The van der Waals surface area contributed by atoms with Gasteiger partial charge in [0.05, 0.1) is 11.8 Å². The number of carbonyl (C=O) groups excluding carboxylic acids is 1. The first-order valence-electron chi connectivity index (χ1n) is 6.52. The predicted octanol–water partition coefficient (Wildman–Crippen LogP) is 0.574. The summed E-state index contributed by atoms with van der Waals surface area (Å²) in [6, 6.07) is 0. The third-order valence-electron chi connectivity index (χ3n) is 4.49. The van der Waals surface area contributed by atoms with Gasteiger partial charge in [-0.2, -0.15) is 0 Å². The number of rotatable bonds is 4. The Kier molecular flexibility index (Phi) is 3.36. The van der Waals surface area contributed by atoms with Crippen LogP contribution in [0.1, 0.15) is 26.7 Å². The van der Waals surface area contributed by atoms with Gasteiger partial charge in [-0.1, -0.05) is 13.8 Å². The van der Waals surface area contributed by atoms with Gasteiger partial charge in [0.25, 0.3) is 0 Å². The Morgan fingerprint density at radius 3 is 2.50 bits per heavy atom. The number of hydrogen-bond acceptors (Lipinski definition) is 3. The largest absolute Gasteiger partial charge is 0.481 e. The molecule has 102 valence electrons. The lowest BCUT2D eigenvalue weighted by atomic mass is 10.1. The van der Waals surface area contributed by atoms with Crippen molar-refractivity contribution in [1.29, 1.82) is 0 Å². The summed E-state index contributed by atoms with van der Waals surface area (Å²) in [5.74, 6) is -1.44. The molecule has 0 aromatic rings. The van der Waals surface area contributed by atoms with Crippen molar-refractivity contribution >= 4 is 11.9 Å². The summed E-state index contributed by atoms with van der Waals surface area (Å²) >= 11 is 0. The molecule has 0 aromatic heterocycles. The number of carboxylic acids is 1. The van der Waals surface area contributed by atoms with Crippen LogP contribution in [0.4, 0.5) is 0 Å². The molecule has 2 rings (SSSR count). The van der Waals surface area contributed by atoms with Gasteiger partial charge in [0.1, 0.15) is 0 Å². The van der Waals surface area contributed by atoms with Gasteiger partial charge in [-0.3, -0.25) is 9.59 Å². The van der Waals surface area contributed by atoms with Crippen LogP contribution in [0.3, 0.4) is 0 Å². The Morgan fingerprint density at radius 2 is 2.00 bits per heavy atom. The third-order valence-corrected chi connectivity index (χ3v) is 4.49. The van der Waals surface area contributed by atoms with Gasteiger partial charge in [0.2, 0.25) is 5.91 Å². The molecule has 3 atom stereocenters. The van der Waals surface area contributed by atoms with E-state index >= 15 is 0 Å². The Labute approximate surface area is 107 Å². The second-order valence-electron chi connectivity index (χ2n) is 6.07. The van der Waals surface area contributed by atoms with E-state index in [1.165, 1.54) is 0 Å². The SMILES string of the molecule is CC1(C)C(C(=O)O)C1C(=O)N1CCC(CCO)C1. The van der Waals surface area contributed by atoms with E-state index in [-0.39, 0.29) is 18.4 Å². The highest BCUT2D eigenvalue weighted by molar-refractivity contribution is 5.91. The minimum absolute atomic E-state index is 0.0205. The fourth-order valence-corrected chi connectivity index (χ4v) is 3.21. The fourth-order valence-electron chi connectivity index (χ4n) is 3.21. The molecule has 2 fully saturated rings. The highest BCUT2D eigenvalue weighted by atomic mass is 16.4. The van der Waals surface area contributed by atoms with Crippen LogP contribution in [0.15, 0.2) is 0 Å². The van der Waals surface area contributed by atoms with Gasteiger partial charge >= 0.3 is 5.97 Å². The molecule has 1 aliphatic carbocycles. The Balaban J connectivity index is 1.96. The first kappa shape index (κ1) is 13.3. The van der Waals surface area contributed by atoms with Gasteiger partial charge in [-0.25, -0.2) is 0 Å². The van der Waals surface area contributed by atoms with Crippen molar-refractivity contribution < 1.29 is 19.8 Å². The lowest BCUT2D eigenvalue weighted by Gasteiger charge is -2.17. The molecule has 0 aromatic carbocycles. The van der Waals surface area contributed by atoms with Crippen molar-refractivity contribution in [3.05, 3.63) is 0 Å². The molecule has 2 N–H and O–H groups in total. The van der Waals surface area contributed by atoms with Crippen LogP contribution in [0.2, 0.25) is 0 Å². The number of nitrogens with zero attached hydrogens (tertiary/aromatic N) is 1. The monoisotopic (exact) mass is 255 g/mol. The fraction of sp³-hybridized carbons (Fsp3) is 0.846. The number of likely N-dealkylation sites (tertiary alicyclic amines) is 1. The lowest BCUT2D eigenvalue weighted by Crippen LogP contribution is -2.32. The highest BCUT2D eigenvalue weighted by Crippen LogP contribution is 2.59. The van der Waals surface area contributed by atoms with Crippen LogP contribution in [0.25, 0.3) is 0 Å². The molecule has 5 heteroatoms. The topological polar surface area (TPSA) is 77.8 Å². The summed E-state index contributed by atoms with van der Waals surface area (Å²) in [6.07, 6.45) is 1.64.